The van der Waals surface area contributed by atoms with Gasteiger partial charge in [-0.05, 0) is 91.8 Å². The number of benzene rings is 2. The number of nitrogens with one attached hydrogen (secondary N) is 1. The standard InChI is InChI=1S/C29H33F6NO3/c1-15-11-21(36-17(3)23-13-20(28(30,31)32)7-8-24(23)29(33,34)35)14-22(15)25-9-6-19-5-4-18(12-26(19)39-25)10-16(2)27(37)38/h4-5,7-8,12-13,15-17,21-22,25,36H,6,9-11,14H2,1-3H3,(H,37,38). The molecule has 2 N–H and O–H groups in total. The number of aliphatic carboxylic acids is 1. The van der Waals surface area contributed by atoms with Gasteiger partial charge in [0.1, 0.15) is 11.9 Å². The van der Waals surface area contributed by atoms with Crippen LogP contribution in [0.4, 0.5) is 26.3 Å². The highest BCUT2D eigenvalue weighted by molar-refractivity contribution is 5.70. The van der Waals surface area contributed by atoms with Crippen LogP contribution >= 0.6 is 0 Å². The molecular weight excluding hydrogens is 524 g/mol. The fourth-order valence-corrected chi connectivity index (χ4v) is 6.04. The number of carboxylic acid groups (broad SMARTS) is 1. The van der Waals surface area contributed by atoms with Crippen molar-refractivity contribution in [1.82, 2.24) is 5.32 Å². The van der Waals surface area contributed by atoms with Crippen LogP contribution in [0.25, 0.3) is 0 Å². The van der Waals surface area contributed by atoms with E-state index in [-0.39, 0.29) is 24.0 Å². The van der Waals surface area contributed by atoms with E-state index in [2.05, 4.69) is 12.2 Å². The highest BCUT2D eigenvalue weighted by atomic mass is 19.4. The highest BCUT2D eigenvalue weighted by Gasteiger charge is 2.41. The number of alkyl halides is 6. The predicted octanol–water partition coefficient (Wildman–Crippen LogP) is 7.45. The molecule has 39 heavy (non-hydrogen) atoms. The third-order valence-corrected chi connectivity index (χ3v) is 8.13. The van der Waals surface area contributed by atoms with Crippen LogP contribution in [-0.4, -0.2) is 23.2 Å². The maximum Gasteiger partial charge on any atom is 0.416 e. The minimum absolute atomic E-state index is 0.110. The molecule has 4 nitrogen and oxygen atoms in total. The topological polar surface area (TPSA) is 58.6 Å². The minimum Gasteiger partial charge on any atom is -0.490 e. The van der Waals surface area contributed by atoms with Gasteiger partial charge in [0, 0.05) is 12.1 Å². The first-order valence-electron chi connectivity index (χ1n) is 13.2. The lowest BCUT2D eigenvalue weighted by molar-refractivity contribution is -0.142. The number of fused-ring (bicyclic) bond motifs is 1. The number of ether oxygens (including phenoxy) is 1. The van der Waals surface area contributed by atoms with Crippen LogP contribution in [-0.2, 0) is 30.0 Å². The summed E-state index contributed by atoms with van der Waals surface area (Å²) < 4.78 is 87.0. The van der Waals surface area contributed by atoms with Crippen molar-refractivity contribution >= 4 is 5.97 Å². The average molecular weight is 558 g/mol. The fourth-order valence-electron chi connectivity index (χ4n) is 6.04. The lowest BCUT2D eigenvalue weighted by Crippen LogP contribution is -2.34. The Morgan fingerprint density at radius 1 is 1.05 bits per heavy atom. The first kappa shape index (κ1) is 29.2. The maximum absolute atomic E-state index is 13.6. The van der Waals surface area contributed by atoms with E-state index in [1.165, 1.54) is 6.92 Å². The largest absolute Gasteiger partial charge is 0.490 e. The van der Waals surface area contributed by atoms with Crippen molar-refractivity contribution in [3.05, 3.63) is 64.2 Å². The van der Waals surface area contributed by atoms with E-state index >= 15 is 0 Å². The molecule has 2 aromatic rings. The number of rotatable bonds is 7. The Hall–Kier alpha value is -2.75. The third-order valence-electron chi connectivity index (χ3n) is 8.13. The molecule has 6 unspecified atom stereocenters. The van der Waals surface area contributed by atoms with Crippen molar-refractivity contribution in [2.75, 3.05) is 0 Å². The summed E-state index contributed by atoms with van der Waals surface area (Å²) in [6, 6.07) is 6.24. The number of halogens is 6. The first-order valence-corrected chi connectivity index (χ1v) is 13.2. The van der Waals surface area contributed by atoms with E-state index < -0.39 is 47.0 Å². The molecule has 0 radical (unpaired) electrons. The summed E-state index contributed by atoms with van der Waals surface area (Å²) in [5.41, 5.74) is -0.671. The van der Waals surface area contributed by atoms with Crippen LogP contribution in [0.1, 0.15) is 73.9 Å². The van der Waals surface area contributed by atoms with Gasteiger partial charge >= 0.3 is 18.3 Å². The molecule has 2 aliphatic rings. The summed E-state index contributed by atoms with van der Waals surface area (Å²) in [4.78, 5) is 11.2. The minimum atomic E-state index is -4.77. The van der Waals surface area contributed by atoms with Crippen molar-refractivity contribution in [2.45, 2.75) is 83.4 Å². The Morgan fingerprint density at radius 3 is 2.41 bits per heavy atom. The molecule has 0 amide bonds. The van der Waals surface area contributed by atoms with Gasteiger partial charge in [-0.3, -0.25) is 4.79 Å². The monoisotopic (exact) mass is 557 g/mol. The third kappa shape index (κ3) is 6.70. The summed E-state index contributed by atoms with van der Waals surface area (Å²) in [5, 5.41) is 12.4. The normalized spacial score (nSPS) is 25.1. The van der Waals surface area contributed by atoms with Gasteiger partial charge in [0.05, 0.1) is 17.0 Å². The highest BCUT2D eigenvalue weighted by Crippen LogP contribution is 2.43. The molecule has 0 bridgehead atoms. The SMILES string of the molecule is CC(Cc1ccc2c(c1)OC(C1CC(NC(C)c3cc(C(F)(F)F)ccc3C(F)(F)F)CC1C)CC2)C(=O)O. The average Bonchev–Trinajstić information content (AvgIpc) is 3.21. The van der Waals surface area contributed by atoms with Gasteiger partial charge in [-0.2, -0.15) is 26.3 Å². The molecule has 0 aromatic heterocycles. The van der Waals surface area contributed by atoms with Crippen LogP contribution < -0.4 is 10.1 Å². The lowest BCUT2D eigenvalue weighted by atomic mass is 9.86. The molecule has 214 valence electrons. The Morgan fingerprint density at radius 2 is 1.77 bits per heavy atom. The molecule has 0 saturated heterocycles. The molecule has 6 atom stereocenters. The lowest BCUT2D eigenvalue weighted by Gasteiger charge is -2.33. The smallest absolute Gasteiger partial charge is 0.416 e. The first-order chi connectivity index (χ1) is 18.1. The van der Waals surface area contributed by atoms with Crippen molar-refractivity contribution in [2.24, 2.45) is 17.8 Å². The molecule has 1 aliphatic heterocycles. The number of hydrogen-bond acceptors (Lipinski definition) is 3. The Labute approximate surface area is 223 Å². The second-order valence-corrected chi connectivity index (χ2v) is 11.1. The Bertz CT molecular complexity index is 1190. The zero-order chi connectivity index (χ0) is 28.7. The van der Waals surface area contributed by atoms with E-state index in [0.29, 0.717) is 37.5 Å². The van der Waals surface area contributed by atoms with Crippen molar-refractivity contribution in [1.29, 1.82) is 0 Å². The van der Waals surface area contributed by atoms with Crippen LogP contribution in [0.5, 0.6) is 5.75 Å². The number of carbonyl (C=O) groups is 1. The second-order valence-electron chi connectivity index (χ2n) is 11.1. The van der Waals surface area contributed by atoms with Crippen LogP contribution in [0, 0.1) is 17.8 Å². The van der Waals surface area contributed by atoms with Crippen molar-refractivity contribution < 1.29 is 41.0 Å². The van der Waals surface area contributed by atoms with E-state index in [0.717, 1.165) is 29.7 Å². The maximum atomic E-state index is 13.6. The zero-order valence-corrected chi connectivity index (χ0v) is 22.0. The van der Waals surface area contributed by atoms with Gasteiger partial charge in [0.2, 0.25) is 0 Å². The van der Waals surface area contributed by atoms with Gasteiger partial charge in [-0.15, -0.1) is 0 Å². The predicted molar refractivity (Wildman–Crippen MR) is 133 cm³/mol. The van der Waals surface area contributed by atoms with Gasteiger partial charge in [0.25, 0.3) is 0 Å². The number of hydrogen-bond donors (Lipinski definition) is 2. The van der Waals surface area contributed by atoms with Gasteiger partial charge in [-0.25, -0.2) is 0 Å². The molecule has 1 saturated carbocycles. The van der Waals surface area contributed by atoms with E-state index in [1.54, 1.807) is 6.92 Å². The van der Waals surface area contributed by atoms with Gasteiger partial charge in [0.15, 0.2) is 0 Å². The summed E-state index contributed by atoms with van der Waals surface area (Å²) in [7, 11) is 0. The fraction of sp³-hybridized carbons (Fsp3) is 0.552. The molecule has 10 heteroatoms. The molecule has 1 fully saturated rings. The van der Waals surface area contributed by atoms with Gasteiger partial charge < -0.3 is 15.2 Å². The molecule has 1 aliphatic carbocycles. The number of aryl methyl sites for hydroxylation is 1. The molecular formula is C29H33F6NO3. The van der Waals surface area contributed by atoms with Gasteiger partial charge in [-0.1, -0.05) is 26.0 Å². The summed E-state index contributed by atoms with van der Waals surface area (Å²) in [6.07, 6.45) is -6.37. The molecule has 4 rings (SSSR count). The molecule has 1 heterocycles. The van der Waals surface area contributed by atoms with Crippen LogP contribution in [0.15, 0.2) is 36.4 Å². The Balaban J connectivity index is 1.46. The number of carboxylic acids is 1. The van der Waals surface area contributed by atoms with Crippen molar-refractivity contribution in [3.63, 3.8) is 0 Å². The molecule has 2 aromatic carbocycles. The van der Waals surface area contributed by atoms with E-state index in [4.69, 9.17) is 4.74 Å². The molecule has 0 spiro atoms. The summed E-state index contributed by atoms with van der Waals surface area (Å²) in [6.45, 7) is 5.18. The zero-order valence-electron chi connectivity index (χ0n) is 22.0. The Kier molecular flexibility index (Phi) is 8.26. The summed E-state index contributed by atoms with van der Waals surface area (Å²) >= 11 is 0. The summed E-state index contributed by atoms with van der Waals surface area (Å²) in [5.74, 6) is -0.349. The second kappa shape index (κ2) is 11.0. The van der Waals surface area contributed by atoms with E-state index in [9.17, 15) is 36.2 Å². The van der Waals surface area contributed by atoms with E-state index in [1.807, 2.05) is 18.2 Å². The quantitative estimate of drug-likeness (QED) is 0.347. The van der Waals surface area contributed by atoms with Crippen LogP contribution in [0.3, 0.4) is 0 Å². The van der Waals surface area contributed by atoms with Crippen molar-refractivity contribution in [3.8, 4) is 5.75 Å². The van der Waals surface area contributed by atoms with Crippen LogP contribution in [0.2, 0.25) is 0 Å².